The topological polar surface area (TPSA) is 34.3 Å². The van der Waals surface area contributed by atoms with Crippen LogP contribution in [-0.2, 0) is 13.0 Å². The highest BCUT2D eigenvalue weighted by Crippen LogP contribution is 2.45. The SMILES string of the molecule is CCC/C=C\C1=NC(/C2=C/Cc3ccc4c(oc5ccccc54)c3-c3n(-c4c(-c5ccccc5)cccc4-c4ccccc4)c4ccccc4[n+]3C2)C(C)c2ccccc21. The van der Waals surface area contributed by atoms with Gasteiger partial charge in [0, 0.05) is 33.4 Å². The van der Waals surface area contributed by atoms with Gasteiger partial charge >= 0.3 is 0 Å². The van der Waals surface area contributed by atoms with Gasteiger partial charge in [0.2, 0.25) is 0 Å². The van der Waals surface area contributed by atoms with Crippen LogP contribution in [0.2, 0.25) is 0 Å². The highest BCUT2D eigenvalue weighted by Gasteiger charge is 2.38. The standard InChI is InChI=1S/C56H46N3O/c1-3-4-7-28-48-45-24-13-12-23-42(45)37(2)53(57-48)41-33-32-40-34-35-47-46-25-14-17-31-51(46)60-55(47)52(40)56-58(36-41)49-29-15-16-30-50(49)59(56)54-43(38-19-8-5-9-20-38)26-18-27-44(54)39-21-10-6-11-22-39/h5-31,33-35,37,53H,3-4,32,36H2,1-2H3/q+1/b28-7-,41-33+. The van der Waals surface area contributed by atoms with Crippen LogP contribution in [0.5, 0.6) is 0 Å². The van der Waals surface area contributed by atoms with Crippen LogP contribution < -0.4 is 4.57 Å². The molecule has 0 amide bonds. The summed E-state index contributed by atoms with van der Waals surface area (Å²) < 4.78 is 12.1. The lowest BCUT2D eigenvalue weighted by Crippen LogP contribution is -2.41. The molecule has 0 aliphatic carbocycles. The maximum atomic E-state index is 7.00. The molecule has 2 aromatic heterocycles. The van der Waals surface area contributed by atoms with Crippen molar-refractivity contribution in [3.63, 3.8) is 0 Å². The number of unbranched alkanes of at least 4 members (excludes halogenated alkanes) is 1. The van der Waals surface area contributed by atoms with Crippen molar-refractivity contribution in [3.05, 3.63) is 204 Å². The molecule has 7 aromatic carbocycles. The Morgan fingerprint density at radius 3 is 2.17 bits per heavy atom. The van der Waals surface area contributed by atoms with Gasteiger partial charge in [-0.2, -0.15) is 4.57 Å². The maximum Gasteiger partial charge on any atom is 0.299 e. The van der Waals surface area contributed by atoms with Crippen molar-refractivity contribution in [3.8, 4) is 39.3 Å². The van der Waals surface area contributed by atoms with Crippen molar-refractivity contribution < 1.29 is 8.98 Å². The predicted octanol–water partition coefficient (Wildman–Crippen LogP) is 13.6. The smallest absolute Gasteiger partial charge is 0.299 e. The molecule has 2 aliphatic heterocycles. The van der Waals surface area contributed by atoms with Crippen molar-refractivity contribution in [1.29, 1.82) is 0 Å². The number of imidazole rings is 1. The first-order chi connectivity index (χ1) is 29.7. The summed E-state index contributed by atoms with van der Waals surface area (Å²) in [4.78, 5) is 5.66. The Hall–Kier alpha value is -7.04. The van der Waals surface area contributed by atoms with E-state index < -0.39 is 0 Å². The molecule has 0 bridgehead atoms. The molecule has 2 aliphatic rings. The third-order valence-corrected chi connectivity index (χ3v) is 12.7. The Morgan fingerprint density at radius 2 is 1.38 bits per heavy atom. The third-order valence-electron chi connectivity index (χ3n) is 12.7. The Balaban J connectivity index is 1.25. The first-order valence-electron chi connectivity index (χ1n) is 21.4. The zero-order valence-corrected chi connectivity index (χ0v) is 34.1. The van der Waals surface area contributed by atoms with Crippen LogP contribution in [0.4, 0.5) is 0 Å². The molecule has 0 spiro atoms. The normalized spacial score (nSPS) is 17.2. The number of hydrogen-bond donors (Lipinski definition) is 0. The van der Waals surface area contributed by atoms with Crippen LogP contribution in [0, 0.1) is 0 Å². The van der Waals surface area contributed by atoms with E-state index in [0.717, 1.165) is 75.0 Å². The van der Waals surface area contributed by atoms with Gasteiger partial charge < -0.3 is 4.42 Å². The van der Waals surface area contributed by atoms with Gasteiger partial charge in [-0.3, -0.25) is 4.99 Å². The summed E-state index contributed by atoms with van der Waals surface area (Å²) in [6.07, 6.45) is 9.93. The number of nitrogens with zero attached hydrogens (tertiary/aromatic N) is 3. The zero-order valence-electron chi connectivity index (χ0n) is 34.1. The number of aliphatic imine (C=N–C) groups is 1. The van der Waals surface area contributed by atoms with E-state index in [1.54, 1.807) is 0 Å². The third kappa shape index (κ3) is 5.89. The Labute approximate surface area is 351 Å². The van der Waals surface area contributed by atoms with E-state index in [1.807, 2.05) is 0 Å². The van der Waals surface area contributed by atoms with Crippen molar-refractivity contribution in [1.82, 2.24) is 4.57 Å². The number of para-hydroxylation sites is 4. The Bertz CT molecular complexity index is 3120. The molecular weight excluding hydrogens is 731 g/mol. The number of hydrogen-bond acceptors (Lipinski definition) is 2. The van der Waals surface area contributed by atoms with Crippen molar-refractivity contribution in [2.75, 3.05) is 0 Å². The fraction of sp³-hybridized carbons (Fsp3) is 0.143. The minimum absolute atomic E-state index is 0.0309. The molecule has 2 atom stereocenters. The number of benzene rings is 7. The highest BCUT2D eigenvalue weighted by molar-refractivity contribution is 6.11. The van der Waals surface area contributed by atoms with E-state index in [0.29, 0.717) is 6.54 Å². The van der Waals surface area contributed by atoms with E-state index in [-0.39, 0.29) is 12.0 Å². The van der Waals surface area contributed by atoms with Gasteiger partial charge in [-0.15, -0.1) is 0 Å². The molecule has 0 N–H and O–H groups in total. The van der Waals surface area contributed by atoms with Gasteiger partial charge in [0.1, 0.15) is 23.4 Å². The van der Waals surface area contributed by atoms with Gasteiger partial charge in [0.05, 0.1) is 11.8 Å². The second kappa shape index (κ2) is 15.0. The van der Waals surface area contributed by atoms with E-state index >= 15 is 0 Å². The Morgan fingerprint density at radius 1 is 0.700 bits per heavy atom. The number of furan rings is 1. The highest BCUT2D eigenvalue weighted by atomic mass is 16.3. The minimum atomic E-state index is -0.0309. The van der Waals surface area contributed by atoms with Crippen molar-refractivity contribution >= 4 is 38.7 Å². The summed E-state index contributed by atoms with van der Waals surface area (Å²) in [5.41, 5.74) is 17.3. The second-order valence-electron chi connectivity index (χ2n) is 16.3. The summed E-state index contributed by atoms with van der Waals surface area (Å²) in [6.45, 7) is 5.27. The number of fused-ring (bicyclic) bond motifs is 10. The molecule has 60 heavy (non-hydrogen) atoms. The molecule has 0 fully saturated rings. The molecule has 9 aromatic rings. The first kappa shape index (κ1) is 36.1. The van der Waals surface area contributed by atoms with Crippen LogP contribution in [0.25, 0.3) is 72.3 Å². The fourth-order valence-electron chi connectivity index (χ4n) is 9.82. The Kier molecular flexibility index (Phi) is 9.00. The number of aromatic nitrogens is 2. The molecule has 0 radical (unpaired) electrons. The summed E-state index contributed by atoms with van der Waals surface area (Å²) >= 11 is 0. The molecule has 4 heterocycles. The quantitative estimate of drug-likeness (QED) is 0.117. The largest absolute Gasteiger partial charge is 0.455 e. The van der Waals surface area contributed by atoms with Gasteiger partial charge in [-0.25, -0.2) is 4.57 Å². The molecule has 290 valence electrons. The van der Waals surface area contributed by atoms with E-state index in [1.165, 1.54) is 44.5 Å². The van der Waals surface area contributed by atoms with Crippen LogP contribution >= 0.6 is 0 Å². The lowest BCUT2D eigenvalue weighted by atomic mass is 9.81. The monoisotopic (exact) mass is 776 g/mol. The maximum absolute atomic E-state index is 7.00. The number of allylic oxidation sites excluding steroid dienone is 3. The van der Waals surface area contributed by atoms with Crippen molar-refractivity contribution in [2.24, 2.45) is 4.99 Å². The summed E-state index contributed by atoms with van der Waals surface area (Å²) in [5.74, 6) is 1.31. The van der Waals surface area contributed by atoms with Crippen LogP contribution in [0.3, 0.4) is 0 Å². The first-order valence-corrected chi connectivity index (χ1v) is 21.4. The summed E-state index contributed by atoms with van der Waals surface area (Å²) in [6, 6.07) is 59.3. The number of rotatable bonds is 7. The van der Waals surface area contributed by atoms with Crippen LogP contribution in [0.1, 0.15) is 49.3 Å². The van der Waals surface area contributed by atoms with E-state index in [9.17, 15) is 0 Å². The lowest BCUT2D eigenvalue weighted by molar-refractivity contribution is -0.652. The molecular formula is C56H46N3O+. The van der Waals surface area contributed by atoms with Gasteiger partial charge in [-0.1, -0.05) is 178 Å². The van der Waals surface area contributed by atoms with Crippen LogP contribution in [-0.4, -0.2) is 16.3 Å². The zero-order chi connectivity index (χ0) is 40.2. The summed E-state index contributed by atoms with van der Waals surface area (Å²) in [5, 5.41) is 2.26. The van der Waals surface area contributed by atoms with Gasteiger partial charge in [-0.05, 0) is 64.9 Å². The van der Waals surface area contributed by atoms with Crippen molar-refractivity contribution in [2.45, 2.75) is 51.6 Å². The van der Waals surface area contributed by atoms with E-state index in [2.05, 4.69) is 205 Å². The lowest BCUT2D eigenvalue weighted by Gasteiger charge is -2.31. The molecule has 4 heteroatoms. The molecule has 0 saturated heterocycles. The minimum Gasteiger partial charge on any atom is -0.455 e. The van der Waals surface area contributed by atoms with E-state index in [4.69, 9.17) is 9.41 Å². The van der Waals surface area contributed by atoms with Crippen LogP contribution in [0.15, 0.2) is 197 Å². The average Bonchev–Trinajstić information content (AvgIpc) is 3.83. The molecule has 0 saturated carbocycles. The van der Waals surface area contributed by atoms with Gasteiger partial charge in [0.25, 0.3) is 5.82 Å². The predicted molar refractivity (Wildman–Crippen MR) is 248 cm³/mol. The van der Waals surface area contributed by atoms with Gasteiger partial charge in [0.15, 0.2) is 16.6 Å². The molecule has 4 nitrogen and oxygen atoms in total. The average molecular weight is 777 g/mol. The summed E-state index contributed by atoms with van der Waals surface area (Å²) in [7, 11) is 0. The second-order valence-corrected chi connectivity index (χ2v) is 16.3. The molecule has 11 rings (SSSR count). The fourth-order valence-corrected chi connectivity index (χ4v) is 9.82. The molecule has 2 unspecified atom stereocenters.